The second-order valence-electron chi connectivity index (χ2n) is 9.77. The van der Waals surface area contributed by atoms with Crippen molar-refractivity contribution in [1.29, 1.82) is 0 Å². The molecule has 1 saturated carbocycles. The van der Waals surface area contributed by atoms with Gasteiger partial charge < -0.3 is 4.90 Å². The second kappa shape index (κ2) is 8.37. The van der Waals surface area contributed by atoms with Crippen LogP contribution in [-0.4, -0.2) is 12.0 Å². The van der Waals surface area contributed by atoms with Gasteiger partial charge in [0.15, 0.2) is 0 Å². The minimum absolute atomic E-state index is 0.546. The molecule has 3 aliphatic rings. The second-order valence-corrected chi connectivity index (χ2v) is 9.77. The Morgan fingerprint density at radius 2 is 1.97 bits per heavy atom. The lowest BCUT2D eigenvalue weighted by Gasteiger charge is -2.27. The molecule has 1 atom stereocenters. The summed E-state index contributed by atoms with van der Waals surface area (Å²) in [6, 6.07) is 4.57. The van der Waals surface area contributed by atoms with Crippen LogP contribution >= 0.6 is 0 Å². The third kappa shape index (κ3) is 3.64. The van der Waals surface area contributed by atoms with Gasteiger partial charge in [-0.1, -0.05) is 43.9 Å². The molecule has 3 heteroatoms. The number of anilines is 2. The Labute approximate surface area is 198 Å². The van der Waals surface area contributed by atoms with Crippen molar-refractivity contribution in [3.8, 4) is 0 Å². The van der Waals surface area contributed by atoms with Crippen LogP contribution in [0.1, 0.15) is 57.6 Å². The van der Waals surface area contributed by atoms with Crippen LogP contribution in [0.15, 0.2) is 72.4 Å². The quantitative estimate of drug-likeness (QED) is 0.453. The van der Waals surface area contributed by atoms with Crippen molar-refractivity contribution in [3.63, 3.8) is 0 Å². The van der Waals surface area contributed by atoms with Crippen molar-refractivity contribution in [1.82, 2.24) is 4.98 Å². The van der Waals surface area contributed by atoms with Crippen LogP contribution in [0, 0.1) is 18.8 Å². The summed E-state index contributed by atoms with van der Waals surface area (Å²) in [4.78, 5) is 9.49. The van der Waals surface area contributed by atoms with Gasteiger partial charge in [-0.05, 0) is 92.7 Å². The fourth-order valence-corrected chi connectivity index (χ4v) is 5.34. The summed E-state index contributed by atoms with van der Waals surface area (Å²) >= 11 is 0. The number of hydrogen-bond donors (Lipinski definition) is 0. The molecule has 2 aromatic rings. The number of rotatable bonds is 4. The first-order valence-electron chi connectivity index (χ1n) is 12.3. The highest BCUT2D eigenvalue weighted by Crippen LogP contribution is 2.51. The van der Waals surface area contributed by atoms with Crippen LogP contribution in [0.25, 0.3) is 16.5 Å². The average molecular weight is 438 g/mol. The standard InChI is InChI=1S/C30H35N3/c1-7-10-22(8-2)25-17-26-27(16-20(25)4)31-18-29-30(26)33(21(5)32(29)6)28-15-19(3)11-9-12-24(28)23-13-14-23/h7-8,10,12,15-19,23H,5,9,11,13-14H2,1-4,6H3/b10-7-,22-8+. The SMILES string of the molecule is C=C1N(C)c2cnc3cc(C)c(C(/C=C\C)=C/C)cc3c2N1C1=CC(C)CCC=C1C1CC1. The van der Waals surface area contributed by atoms with Crippen molar-refractivity contribution in [2.24, 2.45) is 11.8 Å². The molecule has 0 spiro atoms. The lowest BCUT2D eigenvalue weighted by Crippen LogP contribution is -2.26. The topological polar surface area (TPSA) is 19.4 Å². The molecule has 170 valence electrons. The Balaban J connectivity index is 1.76. The van der Waals surface area contributed by atoms with Gasteiger partial charge in [0.2, 0.25) is 0 Å². The van der Waals surface area contributed by atoms with Gasteiger partial charge >= 0.3 is 0 Å². The van der Waals surface area contributed by atoms with E-state index in [1.54, 1.807) is 0 Å². The predicted molar refractivity (Wildman–Crippen MR) is 142 cm³/mol. The normalized spacial score (nSPS) is 21.5. The summed E-state index contributed by atoms with van der Waals surface area (Å²) in [5.41, 5.74) is 10.00. The van der Waals surface area contributed by atoms with E-state index in [9.17, 15) is 0 Å². The predicted octanol–water partition coefficient (Wildman–Crippen LogP) is 7.90. The van der Waals surface area contributed by atoms with Crippen molar-refractivity contribution >= 4 is 27.9 Å². The van der Waals surface area contributed by atoms with E-state index in [1.165, 1.54) is 58.3 Å². The highest BCUT2D eigenvalue weighted by Gasteiger charge is 2.38. The molecule has 0 N–H and O–H groups in total. The van der Waals surface area contributed by atoms with E-state index in [2.05, 4.69) is 93.6 Å². The molecule has 5 rings (SSSR count). The summed E-state index contributed by atoms with van der Waals surface area (Å²) < 4.78 is 0. The summed E-state index contributed by atoms with van der Waals surface area (Å²) in [6.07, 6.45) is 18.5. The number of nitrogens with zero attached hydrogens (tertiary/aromatic N) is 3. The van der Waals surface area contributed by atoms with Gasteiger partial charge in [0.25, 0.3) is 0 Å². The number of pyridine rings is 1. The number of aryl methyl sites for hydroxylation is 1. The molecule has 0 bridgehead atoms. The molecule has 0 amide bonds. The maximum atomic E-state index is 4.87. The van der Waals surface area contributed by atoms with Crippen LogP contribution in [-0.2, 0) is 0 Å². The largest absolute Gasteiger partial charge is 0.328 e. The van der Waals surface area contributed by atoms with Gasteiger partial charge in [-0.15, -0.1) is 0 Å². The Bertz CT molecular complexity index is 1250. The third-order valence-electron chi connectivity index (χ3n) is 7.35. The number of aromatic nitrogens is 1. The highest BCUT2D eigenvalue weighted by molar-refractivity contribution is 6.05. The summed E-state index contributed by atoms with van der Waals surface area (Å²) in [5.74, 6) is 2.25. The highest BCUT2D eigenvalue weighted by atomic mass is 15.4. The summed E-state index contributed by atoms with van der Waals surface area (Å²) in [6.45, 7) is 13.2. The van der Waals surface area contributed by atoms with Crippen LogP contribution < -0.4 is 9.80 Å². The van der Waals surface area contributed by atoms with Crippen molar-refractivity contribution in [2.75, 3.05) is 16.8 Å². The molecule has 1 unspecified atom stereocenters. The summed E-state index contributed by atoms with van der Waals surface area (Å²) in [5, 5.41) is 1.19. The first-order chi connectivity index (χ1) is 15.9. The van der Waals surface area contributed by atoms with Gasteiger partial charge in [-0.3, -0.25) is 9.88 Å². The molecule has 3 nitrogen and oxygen atoms in total. The molecule has 1 aromatic carbocycles. The Morgan fingerprint density at radius 1 is 1.18 bits per heavy atom. The van der Waals surface area contributed by atoms with Gasteiger partial charge in [-0.25, -0.2) is 0 Å². The minimum Gasteiger partial charge on any atom is -0.328 e. The molecule has 0 saturated heterocycles. The van der Waals surface area contributed by atoms with E-state index in [0.717, 1.165) is 23.4 Å². The number of hydrogen-bond acceptors (Lipinski definition) is 3. The zero-order valence-corrected chi connectivity index (χ0v) is 20.7. The van der Waals surface area contributed by atoms with Gasteiger partial charge in [0, 0.05) is 18.1 Å². The maximum Gasteiger partial charge on any atom is 0.110 e. The van der Waals surface area contributed by atoms with Crippen LogP contribution in [0.5, 0.6) is 0 Å². The Kier molecular flexibility index (Phi) is 5.52. The molecule has 1 fully saturated rings. The Morgan fingerprint density at radius 3 is 2.67 bits per heavy atom. The smallest absolute Gasteiger partial charge is 0.110 e. The maximum absolute atomic E-state index is 4.87. The molecular weight excluding hydrogens is 402 g/mol. The van der Waals surface area contributed by atoms with Gasteiger partial charge in [0.05, 0.1) is 23.1 Å². The van der Waals surface area contributed by atoms with E-state index in [-0.39, 0.29) is 0 Å². The first-order valence-corrected chi connectivity index (χ1v) is 12.3. The molecule has 1 aromatic heterocycles. The molecule has 2 aliphatic carbocycles. The zero-order chi connectivity index (χ0) is 23.3. The molecule has 0 radical (unpaired) electrons. The van der Waals surface area contributed by atoms with Gasteiger partial charge in [-0.2, -0.15) is 0 Å². The van der Waals surface area contributed by atoms with E-state index in [0.29, 0.717) is 11.8 Å². The summed E-state index contributed by atoms with van der Waals surface area (Å²) in [7, 11) is 2.11. The lowest BCUT2D eigenvalue weighted by molar-refractivity contribution is 0.659. The number of benzene rings is 1. The van der Waals surface area contributed by atoms with Crippen LogP contribution in [0.2, 0.25) is 0 Å². The number of allylic oxidation sites excluding steroid dienone is 7. The van der Waals surface area contributed by atoms with E-state index < -0.39 is 0 Å². The van der Waals surface area contributed by atoms with Crippen LogP contribution in [0.4, 0.5) is 11.4 Å². The number of fused-ring (bicyclic) bond motifs is 3. The molecular formula is C30H35N3. The van der Waals surface area contributed by atoms with E-state index >= 15 is 0 Å². The van der Waals surface area contributed by atoms with E-state index in [4.69, 9.17) is 4.98 Å². The van der Waals surface area contributed by atoms with Gasteiger partial charge in [0.1, 0.15) is 5.82 Å². The lowest BCUT2D eigenvalue weighted by atomic mass is 9.96. The van der Waals surface area contributed by atoms with Crippen LogP contribution in [0.3, 0.4) is 0 Å². The average Bonchev–Trinajstić information content (AvgIpc) is 3.62. The minimum atomic E-state index is 0.546. The molecule has 1 aliphatic heterocycles. The molecule has 33 heavy (non-hydrogen) atoms. The van der Waals surface area contributed by atoms with Crippen molar-refractivity contribution in [3.05, 3.63) is 83.5 Å². The Hall–Kier alpha value is -3.07. The van der Waals surface area contributed by atoms with E-state index in [1.807, 2.05) is 6.20 Å². The first kappa shape index (κ1) is 21.8. The fraction of sp³-hybridized carbons (Fsp3) is 0.367. The van der Waals surface area contributed by atoms with Crippen molar-refractivity contribution in [2.45, 2.75) is 53.4 Å². The third-order valence-corrected chi connectivity index (χ3v) is 7.35. The molecule has 2 heterocycles. The monoisotopic (exact) mass is 437 g/mol. The fourth-order valence-electron chi connectivity index (χ4n) is 5.34. The zero-order valence-electron chi connectivity index (χ0n) is 20.7. The van der Waals surface area contributed by atoms with Crippen molar-refractivity contribution < 1.29 is 0 Å².